The lowest BCUT2D eigenvalue weighted by Gasteiger charge is -2.09. The molecule has 0 radical (unpaired) electrons. The van der Waals surface area contributed by atoms with Gasteiger partial charge in [-0.2, -0.15) is 13.2 Å². The van der Waals surface area contributed by atoms with E-state index in [4.69, 9.17) is 0 Å². The quantitative estimate of drug-likeness (QED) is 0.658. The van der Waals surface area contributed by atoms with Crippen molar-refractivity contribution in [1.29, 1.82) is 0 Å². The minimum Gasteiger partial charge on any atom is -0.322 e. The Morgan fingerprint density at radius 2 is 1.28 bits per heavy atom. The van der Waals surface area contributed by atoms with Crippen LogP contribution in [0.3, 0.4) is 0 Å². The SMILES string of the molecule is O=C(Nc1ccc(-c2ccccc2)cc1)c1ccc(C(F)(F)F)cc1. The molecule has 0 unspecified atom stereocenters. The molecule has 0 spiro atoms. The third-order valence-electron chi connectivity index (χ3n) is 3.72. The number of benzene rings is 3. The molecule has 1 amide bonds. The third kappa shape index (κ3) is 4.07. The fourth-order valence-electron chi connectivity index (χ4n) is 2.39. The molecule has 126 valence electrons. The normalized spacial score (nSPS) is 11.2. The summed E-state index contributed by atoms with van der Waals surface area (Å²) in [6.07, 6.45) is -4.41. The molecule has 0 bridgehead atoms. The standard InChI is InChI=1S/C20H14F3NO/c21-20(22,23)17-10-6-16(7-11-17)19(25)24-18-12-8-15(9-13-18)14-4-2-1-3-5-14/h1-13H,(H,24,25). The van der Waals surface area contributed by atoms with Gasteiger partial charge in [0.05, 0.1) is 5.56 Å². The highest BCUT2D eigenvalue weighted by Crippen LogP contribution is 2.29. The number of amides is 1. The average molecular weight is 341 g/mol. The van der Waals surface area contributed by atoms with Gasteiger partial charge in [-0.25, -0.2) is 0 Å². The molecule has 0 saturated carbocycles. The first-order valence-electron chi connectivity index (χ1n) is 7.57. The predicted octanol–water partition coefficient (Wildman–Crippen LogP) is 5.62. The smallest absolute Gasteiger partial charge is 0.322 e. The Bertz CT molecular complexity index is 854. The second-order valence-corrected chi connectivity index (χ2v) is 5.47. The fourth-order valence-corrected chi connectivity index (χ4v) is 2.39. The zero-order chi connectivity index (χ0) is 17.9. The van der Waals surface area contributed by atoms with Gasteiger partial charge in [-0.05, 0) is 47.5 Å². The van der Waals surface area contributed by atoms with Crippen LogP contribution in [-0.2, 0) is 6.18 Å². The molecule has 0 aliphatic rings. The maximum atomic E-state index is 12.5. The number of hydrogen-bond acceptors (Lipinski definition) is 1. The van der Waals surface area contributed by atoms with E-state index in [1.807, 2.05) is 42.5 Å². The molecule has 3 rings (SSSR count). The van der Waals surface area contributed by atoms with Crippen LogP contribution >= 0.6 is 0 Å². The molecule has 3 aromatic rings. The van der Waals surface area contributed by atoms with Crippen molar-refractivity contribution in [3.05, 3.63) is 90.0 Å². The van der Waals surface area contributed by atoms with Gasteiger partial charge in [0.25, 0.3) is 5.91 Å². The van der Waals surface area contributed by atoms with E-state index in [1.165, 1.54) is 0 Å². The van der Waals surface area contributed by atoms with Crippen LogP contribution < -0.4 is 5.32 Å². The van der Waals surface area contributed by atoms with Gasteiger partial charge < -0.3 is 5.32 Å². The lowest BCUT2D eigenvalue weighted by atomic mass is 10.1. The Kier molecular flexibility index (Phi) is 4.57. The summed E-state index contributed by atoms with van der Waals surface area (Å²) in [6, 6.07) is 21.1. The lowest BCUT2D eigenvalue weighted by molar-refractivity contribution is -0.137. The number of anilines is 1. The molecule has 0 aromatic heterocycles. The van der Waals surface area contributed by atoms with Crippen LogP contribution in [0.4, 0.5) is 18.9 Å². The van der Waals surface area contributed by atoms with Gasteiger partial charge >= 0.3 is 6.18 Å². The molecule has 0 aliphatic carbocycles. The van der Waals surface area contributed by atoms with Crippen LogP contribution in [0, 0.1) is 0 Å². The van der Waals surface area contributed by atoms with Crippen LogP contribution in [0.2, 0.25) is 0 Å². The number of carbonyl (C=O) groups excluding carboxylic acids is 1. The largest absolute Gasteiger partial charge is 0.416 e. The van der Waals surface area contributed by atoms with Crippen LogP contribution in [0.15, 0.2) is 78.9 Å². The van der Waals surface area contributed by atoms with Crippen molar-refractivity contribution in [2.75, 3.05) is 5.32 Å². The topological polar surface area (TPSA) is 29.1 Å². The molecule has 0 saturated heterocycles. The van der Waals surface area contributed by atoms with E-state index in [1.54, 1.807) is 12.1 Å². The highest BCUT2D eigenvalue weighted by Gasteiger charge is 2.30. The second-order valence-electron chi connectivity index (χ2n) is 5.47. The molecule has 1 N–H and O–H groups in total. The van der Waals surface area contributed by atoms with Crippen molar-refractivity contribution >= 4 is 11.6 Å². The van der Waals surface area contributed by atoms with Crippen molar-refractivity contribution in [3.8, 4) is 11.1 Å². The predicted molar refractivity (Wildman–Crippen MR) is 91.3 cm³/mol. The van der Waals surface area contributed by atoms with E-state index in [0.29, 0.717) is 5.69 Å². The Balaban J connectivity index is 1.71. The van der Waals surface area contributed by atoms with Crippen molar-refractivity contribution in [2.45, 2.75) is 6.18 Å². The van der Waals surface area contributed by atoms with Gasteiger partial charge in [0.15, 0.2) is 0 Å². The molecular weight excluding hydrogens is 327 g/mol. The Morgan fingerprint density at radius 3 is 1.84 bits per heavy atom. The minimum atomic E-state index is -4.41. The van der Waals surface area contributed by atoms with Gasteiger partial charge in [0, 0.05) is 11.3 Å². The Morgan fingerprint density at radius 1 is 0.720 bits per heavy atom. The summed E-state index contributed by atoms with van der Waals surface area (Å²) in [5.41, 5.74) is 2.03. The number of carbonyl (C=O) groups is 1. The number of hydrogen-bond donors (Lipinski definition) is 1. The van der Waals surface area contributed by atoms with Crippen molar-refractivity contribution in [1.82, 2.24) is 0 Å². The van der Waals surface area contributed by atoms with Gasteiger partial charge in [-0.3, -0.25) is 4.79 Å². The highest BCUT2D eigenvalue weighted by molar-refractivity contribution is 6.04. The van der Waals surface area contributed by atoms with Gasteiger partial charge in [0.1, 0.15) is 0 Å². The van der Waals surface area contributed by atoms with Crippen molar-refractivity contribution in [3.63, 3.8) is 0 Å². The van der Waals surface area contributed by atoms with E-state index in [-0.39, 0.29) is 5.56 Å². The summed E-state index contributed by atoms with van der Waals surface area (Å²) >= 11 is 0. The van der Waals surface area contributed by atoms with Crippen LogP contribution in [-0.4, -0.2) is 5.91 Å². The van der Waals surface area contributed by atoms with Gasteiger partial charge in [0.2, 0.25) is 0 Å². The van der Waals surface area contributed by atoms with Gasteiger partial charge in [-0.15, -0.1) is 0 Å². The van der Waals surface area contributed by atoms with E-state index >= 15 is 0 Å². The Labute approximate surface area is 142 Å². The molecule has 0 fully saturated rings. The maximum absolute atomic E-state index is 12.5. The first kappa shape index (κ1) is 16.8. The number of alkyl halides is 3. The second kappa shape index (κ2) is 6.81. The molecule has 5 heteroatoms. The number of halogens is 3. The van der Waals surface area contributed by atoms with Crippen LogP contribution in [0.5, 0.6) is 0 Å². The van der Waals surface area contributed by atoms with Crippen LogP contribution in [0.1, 0.15) is 15.9 Å². The van der Waals surface area contributed by atoms with E-state index in [9.17, 15) is 18.0 Å². The zero-order valence-electron chi connectivity index (χ0n) is 13.0. The Hall–Kier alpha value is -3.08. The molecule has 3 aromatic carbocycles. The summed E-state index contributed by atoms with van der Waals surface area (Å²) in [5.74, 6) is -0.457. The molecule has 0 atom stereocenters. The highest BCUT2D eigenvalue weighted by atomic mass is 19.4. The first-order chi connectivity index (χ1) is 11.9. The number of nitrogens with one attached hydrogen (secondary N) is 1. The number of rotatable bonds is 3. The summed E-state index contributed by atoms with van der Waals surface area (Å²) in [4.78, 5) is 12.1. The summed E-state index contributed by atoms with van der Waals surface area (Å²) < 4.78 is 37.6. The summed E-state index contributed by atoms with van der Waals surface area (Å²) in [7, 11) is 0. The maximum Gasteiger partial charge on any atom is 0.416 e. The first-order valence-corrected chi connectivity index (χ1v) is 7.57. The lowest BCUT2D eigenvalue weighted by Crippen LogP contribution is -2.12. The van der Waals surface area contributed by atoms with Gasteiger partial charge in [-0.1, -0.05) is 42.5 Å². The van der Waals surface area contributed by atoms with Crippen LogP contribution in [0.25, 0.3) is 11.1 Å². The average Bonchev–Trinajstić information content (AvgIpc) is 2.62. The van der Waals surface area contributed by atoms with Crippen molar-refractivity contribution in [2.24, 2.45) is 0 Å². The van der Waals surface area contributed by atoms with Crippen molar-refractivity contribution < 1.29 is 18.0 Å². The molecular formula is C20H14F3NO. The molecule has 25 heavy (non-hydrogen) atoms. The zero-order valence-corrected chi connectivity index (χ0v) is 13.0. The fraction of sp³-hybridized carbons (Fsp3) is 0.0500. The third-order valence-corrected chi connectivity index (χ3v) is 3.72. The van der Waals surface area contributed by atoms with E-state index < -0.39 is 17.6 Å². The summed E-state index contributed by atoms with van der Waals surface area (Å²) in [6.45, 7) is 0. The minimum absolute atomic E-state index is 0.167. The monoisotopic (exact) mass is 341 g/mol. The summed E-state index contributed by atoms with van der Waals surface area (Å²) in [5, 5.41) is 2.67. The van der Waals surface area contributed by atoms with E-state index in [0.717, 1.165) is 35.4 Å². The molecule has 0 aliphatic heterocycles. The molecule has 2 nitrogen and oxygen atoms in total. The van der Waals surface area contributed by atoms with E-state index in [2.05, 4.69) is 5.32 Å². The molecule has 0 heterocycles.